The van der Waals surface area contributed by atoms with E-state index < -0.39 is 20.6 Å². The van der Waals surface area contributed by atoms with E-state index in [4.69, 9.17) is 0 Å². The highest BCUT2D eigenvalue weighted by atomic mass is 32.2. The summed E-state index contributed by atoms with van der Waals surface area (Å²) in [5.74, 6) is -0.400. The molecule has 2 aromatic rings. The van der Waals surface area contributed by atoms with Crippen LogP contribution in [0.2, 0.25) is 0 Å². The number of rotatable bonds is 6. The van der Waals surface area contributed by atoms with Crippen molar-refractivity contribution in [1.29, 1.82) is 0 Å². The normalized spacial score (nSPS) is 16.9. The molecule has 29 heavy (non-hydrogen) atoms. The standard InChI is InChI=1S/C20H23N3O5S/c1-15(16-7-3-2-4-8-16)21-20(24)17-11-13-22(14-12-17)29(27,28)19-10-6-5-9-18(19)23(25)26/h2-10,15,17H,11-14H2,1H3,(H,21,24)/t15-/m1/s1. The third kappa shape index (κ3) is 4.63. The van der Waals surface area contributed by atoms with Crippen molar-refractivity contribution in [2.24, 2.45) is 5.92 Å². The van der Waals surface area contributed by atoms with Gasteiger partial charge >= 0.3 is 0 Å². The summed E-state index contributed by atoms with van der Waals surface area (Å²) in [5.41, 5.74) is 0.557. The van der Waals surface area contributed by atoms with Crippen LogP contribution in [0.15, 0.2) is 59.5 Å². The number of nitro benzene ring substituents is 1. The summed E-state index contributed by atoms with van der Waals surface area (Å²) in [7, 11) is -3.99. The molecule has 1 amide bonds. The zero-order chi connectivity index (χ0) is 21.0. The number of nitro groups is 1. The van der Waals surface area contributed by atoms with E-state index in [9.17, 15) is 23.3 Å². The Kier molecular flexibility index (Phi) is 6.29. The minimum absolute atomic E-state index is 0.107. The minimum atomic E-state index is -3.99. The summed E-state index contributed by atoms with van der Waals surface area (Å²) in [6.45, 7) is 2.19. The van der Waals surface area contributed by atoms with Gasteiger partial charge < -0.3 is 5.32 Å². The predicted octanol–water partition coefficient (Wildman–Crippen LogP) is 2.87. The average Bonchev–Trinajstić information content (AvgIpc) is 2.74. The minimum Gasteiger partial charge on any atom is -0.349 e. The first-order valence-electron chi connectivity index (χ1n) is 9.39. The molecule has 8 nitrogen and oxygen atoms in total. The highest BCUT2D eigenvalue weighted by Crippen LogP contribution is 2.29. The van der Waals surface area contributed by atoms with Crippen LogP contribution in [-0.2, 0) is 14.8 Å². The molecular weight excluding hydrogens is 394 g/mol. The van der Waals surface area contributed by atoms with Gasteiger partial charge in [-0.25, -0.2) is 8.42 Å². The Morgan fingerprint density at radius 1 is 1.10 bits per heavy atom. The zero-order valence-corrected chi connectivity index (χ0v) is 16.8. The first kappa shape index (κ1) is 20.9. The number of amides is 1. The van der Waals surface area contributed by atoms with Gasteiger partial charge in [-0.15, -0.1) is 0 Å². The van der Waals surface area contributed by atoms with Gasteiger partial charge in [0.1, 0.15) is 0 Å². The SMILES string of the molecule is C[C@@H](NC(=O)C1CCN(S(=O)(=O)c2ccccc2[N+](=O)[O-])CC1)c1ccccc1. The summed E-state index contributed by atoms with van der Waals surface area (Å²) in [4.78, 5) is 22.8. The summed E-state index contributed by atoms with van der Waals surface area (Å²) < 4.78 is 27.0. The highest BCUT2D eigenvalue weighted by molar-refractivity contribution is 7.89. The Morgan fingerprint density at radius 3 is 2.31 bits per heavy atom. The molecule has 2 aromatic carbocycles. The first-order chi connectivity index (χ1) is 13.8. The monoisotopic (exact) mass is 417 g/mol. The molecule has 1 saturated heterocycles. The predicted molar refractivity (Wildman–Crippen MR) is 108 cm³/mol. The molecule has 0 unspecified atom stereocenters. The van der Waals surface area contributed by atoms with Gasteiger partial charge in [-0.3, -0.25) is 14.9 Å². The van der Waals surface area contributed by atoms with E-state index in [2.05, 4.69) is 5.32 Å². The van der Waals surface area contributed by atoms with Gasteiger partial charge in [0.15, 0.2) is 4.90 Å². The Labute approximate surface area is 169 Å². The lowest BCUT2D eigenvalue weighted by Crippen LogP contribution is -2.43. The Morgan fingerprint density at radius 2 is 1.69 bits per heavy atom. The summed E-state index contributed by atoms with van der Waals surface area (Å²) in [5, 5.41) is 14.2. The van der Waals surface area contributed by atoms with Crippen LogP contribution in [0.25, 0.3) is 0 Å². The maximum absolute atomic E-state index is 12.9. The van der Waals surface area contributed by atoms with Crippen LogP contribution in [0.1, 0.15) is 31.4 Å². The maximum Gasteiger partial charge on any atom is 0.289 e. The molecular formula is C20H23N3O5S. The van der Waals surface area contributed by atoms with Crippen LogP contribution < -0.4 is 5.32 Å². The number of carbonyl (C=O) groups excluding carboxylic acids is 1. The average molecular weight is 417 g/mol. The summed E-state index contributed by atoms with van der Waals surface area (Å²) in [6, 6.07) is 14.8. The fourth-order valence-electron chi connectivity index (χ4n) is 3.48. The second-order valence-corrected chi connectivity index (χ2v) is 8.95. The van der Waals surface area contributed by atoms with Crippen molar-refractivity contribution in [3.05, 3.63) is 70.3 Å². The number of carbonyl (C=O) groups is 1. The second-order valence-electron chi connectivity index (χ2n) is 7.04. The number of piperidine rings is 1. The van der Waals surface area contributed by atoms with E-state index in [1.54, 1.807) is 0 Å². The van der Waals surface area contributed by atoms with Gasteiger partial charge in [0, 0.05) is 25.1 Å². The smallest absolute Gasteiger partial charge is 0.289 e. The molecule has 0 aromatic heterocycles. The number of para-hydroxylation sites is 1. The van der Waals surface area contributed by atoms with Crippen LogP contribution in [0.3, 0.4) is 0 Å². The third-order valence-electron chi connectivity index (χ3n) is 5.16. The van der Waals surface area contributed by atoms with Crippen molar-refractivity contribution in [2.75, 3.05) is 13.1 Å². The number of nitrogens with zero attached hydrogens (tertiary/aromatic N) is 2. The molecule has 0 bridgehead atoms. The highest BCUT2D eigenvalue weighted by Gasteiger charge is 2.35. The van der Waals surface area contributed by atoms with Crippen molar-refractivity contribution < 1.29 is 18.1 Å². The van der Waals surface area contributed by atoms with Crippen molar-refractivity contribution in [2.45, 2.75) is 30.7 Å². The topological polar surface area (TPSA) is 110 Å². The van der Waals surface area contributed by atoms with Gasteiger partial charge in [0.25, 0.3) is 5.69 Å². The number of hydrogen-bond donors (Lipinski definition) is 1. The van der Waals surface area contributed by atoms with Gasteiger partial charge in [-0.05, 0) is 31.4 Å². The lowest BCUT2D eigenvalue weighted by molar-refractivity contribution is -0.387. The fourth-order valence-corrected chi connectivity index (χ4v) is 5.11. The van der Waals surface area contributed by atoms with Crippen LogP contribution >= 0.6 is 0 Å². The molecule has 0 aliphatic carbocycles. The molecule has 1 aliphatic heterocycles. The quantitative estimate of drug-likeness (QED) is 0.574. The van der Waals surface area contributed by atoms with Crippen LogP contribution in [0.4, 0.5) is 5.69 Å². The number of hydrogen-bond acceptors (Lipinski definition) is 5. The number of sulfonamides is 1. The Balaban J connectivity index is 1.64. The van der Waals surface area contributed by atoms with Crippen LogP contribution in [0.5, 0.6) is 0 Å². The molecule has 1 fully saturated rings. The van der Waals surface area contributed by atoms with Crippen LogP contribution in [0, 0.1) is 16.0 Å². The van der Waals surface area contributed by atoms with E-state index in [0.29, 0.717) is 12.8 Å². The molecule has 0 saturated carbocycles. The molecule has 1 N–H and O–H groups in total. The van der Waals surface area contributed by atoms with Gasteiger partial charge in [0.2, 0.25) is 15.9 Å². The van der Waals surface area contributed by atoms with E-state index in [-0.39, 0.29) is 35.9 Å². The van der Waals surface area contributed by atoms with E-state index in [1.165, 1.54) is 28.6 Å². The lowest BCUT2D eigenvalue weighted by Gasteiger charge is -2.31. The van der Waals surface area contributed by atoms with Gasteiger partial charge in [0.05, 0.1) is 11.0 Å². The van der Waals surface area contributed by atoms with E-state index in [0.717, 1.165) is 5.56 Å². The number of benzene rings is 2. The molecule has 0 radical (unpaired) electrons. The van der Waals surface area contributed by atoms with Crippen molar-refractivity contribution >= 4 is 21.6 Å². The summed E-state index contributed by atoms with van der Waals surface area (Å²) in [6.07, 6.45) is 0.737. The van der Waals surface area contributed by atoms with Crippen molar-refractivity contribution in [1.82, 2.24) is 9.62 Å². The van der Waals surface area contributed by atoms with E-state index in [1.807, 2.05) is 37.3 Å². The molecule has 3 rings (SSSR count). The maximum atomic E-state index is 12.9. The first-order valence-corrected chi connectivity index (χ1v) is 10.8. The fraction of sp³-hybridized carbons (Fsp3) is 0.350. The molecule has 1 atom stereocenters. The van der Waals surface area contributed by atoms with E-state index >= 15 is 0 Å². The Hall–Kier alpha value is -2.78. The van der Waals surface area contributed by atoms with Crippen LogP contribution in [-0.4, -0.2) is 36.6 Å². The largest absolute Gasteiger partial charge is 0.349 e. The lowest BCUT2D eigenvalue weighted by atomic mass is 9.96. The zero-order valence-electron chi connectivity index (χ0n) is 16.0. The van der Waals surface area contributed by atoms with Gasteiger partial charge in [-0.2, -0.15) is 4.31 Å². The summed E-state index contributed by atoms with van der Waals surface area (Å²) >= 11 is 0. The third-order valence-corrected chi connectivity index (χ3v) is 7.11. The Bertz CT molecular complexity index is 986. The van der Waals surface area contributed by atoms with Crippen molar-refractivity contribution in [3.63, 3.8) is 0 Å². The molecule has 1 heterocycles. The molecule has 9 heteroatoms. The second kappa shape index (κ2) is 8.71. The molecule has 1 aliphatic rings. The van der Waals surface area contributed by atoms with Crippen molar-refractivity contribution in [3.8, 4) is 0 Å². The number of nitrogens with one attached hydrogen (secondary N) is 1. The molecule has 154 valence electrons. The van der Waals surface area contributed by atoms with Gasteiger partial charge in [-0.1, -0.05) is 42.5 Å². The molecule has 0 spiro atoms.